The molecule has 0 atom stereocenters. The lowest BCUT2D eigenvalue weighted by Crippen LogP contribution is -2.10. The molecule has 0 fully saturated rings. The van der Waals surface area contributed by atoms with Gasteiger partial charge in [-0.25, -0.2) is 0 Å². The maximum absolute atomic E-state index is 9.64. The van der Waals surface area contributed by atoms with E-state index in [9.17, 15) is 5.48 Å². The molecule has 0 spiro atoms. The van der Waals surface area contributed by atoms with Gasteiger partial charge < -0.3 is 4.90 Å². The Morgan fingerprint density at radius 3 is 1.51 bits per heavy atom. The Morgan fingerprint density at radius 1 is 0.314 bits per heavy atom. The van der Waals surface area contributed by atoms with Crippen LogP contribution in [0, 0.1) is 0 Å². The molecule has 0 aliphatic heterocycles. The lowest BCUT2D eigenvalue weighted by atomic mass is 9.93. The second kappa shape index (κ2) is 12.0. The molecule has 0 radical (unpaired) electrons. The first-order valence-electron chi connectivity index (χ1n) is 19.3. The van der Waals surface area contributed by atoms with Gasteiger partial charge in [0.15, 0.2) is 0 Å². The van der Waals surface area contributed by atoms with Crippen LogP contribution in [0.1, 0.15) is 5.48 Å². The van der Waals surface area contributed by atoms with Crippen molar-refractivity contribution >= 4 is 70.9 Å². The molecule has 0 saturated heterocycles. The summed E-state index contributed by atoms with van der Waals surface area (Å²) in [6, 6.07) is 59.3. The zero-order valence-corrected chi connectivity index (χ0v) is 27.7. The summed E-state index contributed by atoms with van der Waals surface area (Å²) in [6.07, 6.45) is 0. The Hall–Kier alpha value is -6.70. The molecule has 0 aliphatic rings. The fraction of sp³-hybridized carbons (Fsp3) is 0. The van der Waals surface area contributed by atoms with Gasteiger partial charge in [-0.3, -0.25) is 0 Å². The van der Waals surface area contributed by atoms with E-state index in [0.717, 1.165) is 60.2 Å². The van der Waals surface area contributed by atoms with Gasteiger partial charge in [-0.2, -0.15) is 0 Å². The van der Waals surface area contributed by atoms with E-state index < -0.39 is 0 Å². The molecular formula is C50H33N. The summed E-state index contributed by atoms with van der Waals surface area (Å²) in [7, 11) is 0. The third-order valence-electron chi connectivity index (χ3n) is 10.1. The first-order chi connectivity index (χ1) is 27.0. The van der Waals surface area contributed by atoms with Gasteiger partial charge >= 0.3 is 0 Å². The fourth-order valence-electron chi connectivity index (χ4n) is 7.69. The Morgan fingerprint density at radius 2 is 0.824 bits per heavy atom. The summed E-state index contributed by atoms with van der Waals surface area (Å²) >= 11 is 0. The summed E-state index contributed by atoms with van der Waals surface area (Å²) in [6.45, 7) is 0. The lowest BCUT2D eigenvalue weighted by Gasteiger charge is -2.28. The van der Waals surface area contributed by atoms with Gasteiger partial charge in [0.05, 0.1) is 11.2 Å². The summed E-state index contributed by atoms with van der Waals surface area (Å²) in [5.41, 5.74) is 4.83. The number of benzene rings is 10. The highest BCUT2D eigenvalue weighted by Gasteiger charge is 2.18. The Labute approximate surface area is 302 Å². The van der Waals surface area contributed by atoms with E-state index in [4.69, 9.17) is 0 Å². The molecule has 10 aromatic rings. The minimum absolute atomic E-state index is 0.0818. The predicted octanol–water partition coefficient (Wildman–Crippen LogP) is 14.3. The number of hydrogen-bond donors (Lipinski definition) is 0. The third kappa shape index (κ3) is 4.94. The van der Waals surface area contributed by atoms with Crippen LogP contribution in [0.3, 0.4) is 0 Å². The first kappa shape index (κ1) is 25.3. The molecule has 0 bridgehead atoms. The molecule has 51 heavy (non-hydrogen) atoms. The maximum Gasteiger partial charge on any atom is 0.0645 e. The van der Waals surface area contributed by atoms with E-state index in [2.05, 4.69) is 97.1 Å². The SMILES string of the molecule is [2H]c1c([2H])c(N(c2ccc(-c3cc4ccccc4c4ccccc34)cc2)c2cc3ccccc3c3ccccc23)c([2H])c([2H])c1-c1cccc2ccccc12. The van der Waals surface area contributed by atoms with Crippen molar-refractivity contribution in [2.45, 2.75) is 0 Å². The average molecular weight is 652 g/mol. The molecule has 10 rings (SSSR count). The fourth-order valence-corrected chi connectivity index (χ4v) is 7.69. The second-order valence-corrected chi connectivity index (χ2v) is 13.0. The molecule has 0 heterocycles. The van der Waals surface area contributed by atoms with Gasteiger partial charge in [0, 0.05) is 16.8 Å². The number of hydrogen-bond acceptors (Lipinski definition) is 1. The van der Waals surface area contributed by atoms with E-state index in [1.165, 1.54) is 16.2 Å². The molecule has 0 unspecified atom stereocenters. The zero-order valence-electron chi connectivity index (χ0n) is 31.7. The number of rotatable bonds is 5. The van der Waals surface area contributed by atoms with E-state index in [1.807, 2.05) is 83.8 Å². The zero-order chi connectivity index (χ0) is 37.2. The van der Waals surface area contributed by atoms with Gasteiger partial charge in [-0.1, -0.05) is 164 Å². The highest BCUT2D eigenvalue weighted by atomic mass is 15.1. The van der Waals surface area contributed by atoms with Crippen molar-refractivity contribution in [1.29, 1.82) is 0 Å². The Bertz CT molecular complexity index is 3120. The van der Waals surface area contributed by atoms with Gasteiger partial charge in [0.2, 0.25) is 0 Å². The highest BCUT2D eigenvalue weighted by Crippen LogP contribution is 2.44. The summed E-state index contributed by atoms with van der Waals surface area (Å²) in [4.78, 5) is 1.92. The van der Waals surface area contributed by atoms with Crippen molar-refractivity contribution in [3.8, 4) is 22.3 Å². The van der Waals surface area contributed by atoms with Crippen molar-refractivity contribution in [3.05, 3.63) is 200 Å². The van der Waals surface area contributed by atoms with Crippen LogP contribution in [0.2, 0.25) is 0 Å². The van der Waals surface area contributed by atoms with Crippen LogP contribution in [0.25, 0.3) is 76.1 Å². The Balaban J connectivity index is 1.23. The molecular weight excluding hydrogens is 615 g/mol. The normalized spacial score (nSPS) is 12.6. The van der Waals surface area contributed by atoms with Crippen LogP contribution in [0.4, 0.5) is 17.1 Å². The van der Waals surface area contributed by atoms with E-state index in [-0.39, 0.29) is 35.4 Å². The molecule has 238 valence electrons. The summed E-state index contributed by atoms with van der Waals surface area (Å²) in [5, 5.41) is 10.7. The minimum Gasteiger partial charge on any atom is -0.310 e. The van der Waals surface area contributed by atoms with Gasteiger partial charge in [0.25, 0.3) is 0 Å². The van der Waals surface area contributed by atoms with Crippen molar-refractivity contribution in [2.24, 2.45) is 0 Å². The monoisotopic (exact) mass is 651 g/mol. The average Bonchev–Trinajstić information content (AvgIpc) is 3.24. The maximum atomic E-state index is 9.64. The van der Waals surface area contributed by atoms with Crippen LogP contribution in [-0.2, 0) is 0 Å². The van der Waals surface area contributed by atoms with Crippen LogP contribution < -0.4 is 4.90 Å². The van der Waals surface area contributed by atoms with E-state index in [1.54, 1.807) is 0 Å². The molecule has 0 amide bonds. The standard InChI is InChI=1S/C50H33N/c1-4-16-41-34(12-1)15-11-23-42(41)35-24-28-39(29-25-35)51(50-33-38-14-3-6-18-44(38)46-20-9-10-22-48(46)50)40-30-26-36(27-31-40)49-32-37-13-2-5-17-43(37)45-19-7-8-21-47(45)49/h1-33H/i24D,25D,28D,29D. The Kier molecular flexibility index (Phi) is 5.96. The molecule has 0 N–H and O–H groups in total. The highest BCUT2D eigenvalue weighted by molar-refractivity contribution is 6.15. The molecule has 0 aromatic heterocycles. The van der Waals surface area contributed by atoms with Crippen LogP contribution in [0.5, 0.6) is 0 Å². The molecule has 1 nitrogen and oxygen atoms in total. The third-order valence-corrected chi connectivity index (χ3v) is 10.1. The van der Waals surface area contributed by atoms with Crippen LogP contribution in [-0.4, -0.2) is 0 Å². The van der Waals surface area contributed by atoms with Crippen molar-refractivity contribution in [1.82, 2.24) is 0 Å². The first-order valence-corrected chi connectivity index (χ1v) is 17.3. The quantitative estimate of drug-likeness (QED) is 0.167. The minimum atomic E-state index is -0.106. The summed E-state index contributed by atoms with van der Waals surface area (Å²) < 4.78 is 38.2. The van der Waals surface area contributed by atoms with Gasteiger partial charge in [0.1, 0.15) is 0 Å². The van der Waals surface area contributed by atoms with E-state index in [0.29, 0.717) is 5.56 Å². The largest absolute Gasteiger partial charge is 0.310 e. The topological polar surface area (TPSA) is 3.24 Å². The van der Waals surface area contributed by atoms with Crippen molar-refractivity contribution in [2.75, 3.05) is 4.90 Å². The number of fused-ring (bicyclic) bond motifs is 7. The summed E-state index contributed by atoms with van der Waals surface area (Å²) in [5.74, 6) is 0. The number of nitrogens with zero attached hydrogens (tertiary/aromatic N) is 1. The van der Waals surface area contributed by atoms with Crippen LogP contribution in [0.15, 0.2) is 200 Å². The van der Waals surface area contributed by atoms with Crippen LogP contribution >= 0.6 is 0 Å². The smallest absolute Gasteiger partial charge is 0.0645 e. The van der Waals surface area contributed by atoms with Crippen molar-refractivity contribution < 1.29 is 5.48 Å². The molecule has 10 aromatic carbocycles. The predicted molar refractivity (Wildman–Crippen MR) is 220 cm³/mol. The molecule has 0 aliphatic carbocycles. The van der Waals surface area contributed by atoms with Gasteiger partial charge in [-0.05, 0) is 107 Å². The molecule has 1 heteroatoms. The van der Waals surface area contributed by atoms with Gasteiger partial charge in [-0.15, -0.1) is 0 Å². The second-order valence-electron chi connectivity index (χ2n) is 13.0. The molecule has 0 saturated carbocycles. The van der Waals surface area contributed by atoms with E-state index >= 15 is 0 Å². The lowest BCUT2D eigenvalue weighted by molar-refractivity contribution is 1.30. The van der Waals surface area contributed by atoms with Crippen molar-refractivity contribution in [3.63, 3.8) is 0 Å². The number of anilines is 3.